The van der Waals surface area contributed by atoms with Gasteiger partial charge in [-0.3, -0.25) is 9.59 Å². The van der Waals surface area contributed by atoms with Crippen molar-refractivity contribution in [2.75, 3.05) is 33.2 Å². The molecule has 0 aromatic carbocycles. The zero-order valence-electron chi connectivity index (χ0n) is 11.7. The van der Waals surface area contributed by atoms with Crippen molar-refractivity contribution in [2.24, 2.45) is 11.8 Å². The summed E-state index contributed by atoms with van der Waals surface area (Å²) >= 11 is 0. The average molecular weight is 283 g/mol. The van der Waals surface area contributed by atoms with Gasteiger partial charge in [0.25, 0.3) is 0 Å². The maximum Gasteiger partial charge on any atom is 0.320 e. The van der Waals surface area contributed by atoms with Crippen LogP contribution in [0.4, 0.5) is 4.79 Å². The highest BCUT2D eigenvalue weighted by atomic mass is 16.4. The molecule has 0 spiro atoms. The molecule has 2 N–H and O–H groups in total. The lowest BCUT2D eigenvalue weighted by Gasteiger charge is -2.33. The number of carbonyl (C=O) groups excluding carboxylic acids is 2. The molecule has 7 heteroatoms. The van der Waals surface area contributed by atoms with Crippen molar-refractivity contribution in [3.8, 4) is 0 Å². The Kier molecular flexibility index (Phi) is 4.46. The normalized spacial score (nSPS) is 23.8. The Morgan fingerprint density at radius 2 is 1.55 bits per heavy atom. The fraction of sp³-hybridized carbons (Fsp3) is 0.769. The van der Waals surface area contributed by atoms with Gasteiger partial charge in [-0.25, -0.2) is 4.79 Å². The Balaban J connectivity index is 1.83. The number of carboxylic acid groups (broad SMARTS) is 1. The van der Waals surface area contributed by atoms with Crippen LogP contribution in [0.2, 0.25) is 0 Å². The Morgan fingerprint density at radius 1 is 1.00 bits per heavy atom. The number of nitrogens with one attached hydrogen (secondary N) is 1. The van der Waals surface area contributed by atoms with Gasteiger partial charge in [0.05, 0.1) is 5.92 Å². The minimum Gasteiger partial charge on any atom is -0.481 e. The van der Waals surface area contributed by atoms with Gasteiger partial charge in [-0.2, -0.15) is 0 Å². The Bertz CT molecular complexity index is 404. The molecule has 0 aliphatic carbocycles. The quantitative estimate of drug-likeness (QED) is 0.744. The van der Waals surface area contributed by atoms with Crippen LogP contribution in [0.3, 0.4) is 0 Å². The van der Waals surface area contributed by atoms with Gasteiger partial charge in [-0.1, -0.05) is 0 Å². The van der Waals surface area contributed by atoms with E-state index in [4.69, 9.17) is 5.11 Å². The fourth-order valence-electron chi connectivity index (χ4n) is 2.87. The van der Waals surface area contributed by atoms with Gasteiger partial charge in [-0.05, 0) is 19.3 Å². The highest BCUT2D eigenvalue weighted by Gasteiger charge is 2.34. The number of nitrogens with zero attached hydrogens (tertiary/aromatic N) is 2. The van der Waals surface area contributed by atoms with Crippen LogP contribution in [-0.2, 0) is 9.59 Å². The highest BCUT2D eigenvalue weighted by molar-refractivity contribution is 5.80. The molecule has 2 rings (SSSR count). The van der Waals surface area contributed by atoms with Gasteiger partial charge < -0.3 is 20.2 Å². The second-order valence-electron chi connectivity index (χ2n) is 5.43. The molecule has 2 fully saturated rings. The first kappa shape index (κ1) is 14.6. The average Bonchev–Trinajstić information content (AvgIpc) is 2.96. The third kappa shape index (κ3) is 3.02. The maximum atomic E-state index is 12.3. The largest absolute Gasteiger partial charge is 0.481 e. The molecule has 20 heavy (non-hydrogen) atoms. The molecule has 0 bridgehead atoms. The molecule has 0 aromatic heterocycles. The van der Waals surface area contributed by atoms with Gasteiger partial charge >= 0.3 is 12.0 Å². The first-order chi connectivity index (χ1) is 9.52. The summed E-state index contributed by atoms with van der Waals surface area (Å²) in [5.74, 6) is -1.26. The van der Waals surface area contributed by atoms with Crippen LogP contribution >= 0.6 is 0 Å². The molecule has 7 nitrogen and oxygen atoms in total. The number of hydrogen-bond donors (Lipinski definition) is 2. The van der Waals surface area contributed by atoms with E-state index in [1.165, 1.54) is 0 Å². The van der Waals surface area contributed by atoms with Crippen LogP contribution < -0.4 is 5.32 Å². The molecular formula is C13H21N3O4. The SMILES string of the molecule is CNC(=O)C1CCN(C(=O)N2CCC(C(=O)O)C2)CC1. The lowest BCUT2D eigenvalue weighted by molar-refractivity contribution is -0.141. The minimum atomic E-state index is -0.835. The van der Waals surface area contributed by atoms with Gasteiger partial charge in [0.15, 0.2) is 0 Å². The van der Waals surface area contributed by atoms with E-state index in [1.807, 2.05) is 0 Å². The number of rotatable bonds is 2. The summed E-state index contributed by atoms with van der Waals surface area (Å²) in [4.78, 5) is 38.0. The lowest BCUT2D eigenvalue weighted by atomic mass is 9.96. The molecule has 0 saturated carbocycles. The molecule has 3 amide bonds. The number of amides is 3. The van der Waals surface area contributed by atoms with Crippen LogP contribution in [0.1, 0.15) is 19.3 Å². The Labute approximate surface area is 117 Å². The molecule has 2 aliphatic rings. The third-order valence-electron chi connectivity index (χ3n) is 4.19. The van der Waals surface area contributed by atoms with Crippen molar-refractivity contribution < 1.29 is 19.5 Å². The molecular weight excluding hydrogens is 262 g/mol. The van der Waals surface area contributed by atoms with Crippen LogP contribution in [0.15, 0.2) is 0 Å². The number of hydrogen-bond acceptors (Lipinski definition) is 3. The first-order valence-corrected chi connectivity index (χ1v) is 7.01. The number of aliphatic carboxylic acids is 1. The van der Waals surface area contributed by atoms with Crippen LogP contribution in [0, 0.1) is 11.8 Å². The summed E-state index contributed by atoms with van der Waals surface area (Å²) in [7, 11) is 1.62. The van der Waals surface area contributed by atoms with E-state index >= 15 is 0 Å². The van der Waals surface area contributed by atoms with Crippen molar-refractivity contribution >= 4 is 17.9 Å². The maximum absolute atomic E-state index is 12.3. The topological polar surface area (TPSA) is 90.0 Å². The molecule has 2 heterocycles. The van der Waals surface area contributed by atoms with Gasteiger partial charge in [0.2, 0.25) is 5.91 Å². The Morgan fingerprint density at radius 3 is 2.05 bits per heavy atom. The summed E-state index contributed by atoms with van der Waals surface area (Å²) in [5, 5.41) is 11.6. The van der Waals surface area contributed by atoms with Gasteiger partial charge in [0.1, 0.15) is 0 Å². The van der Waals surface area contributed by atoms with E-state index in [1.54, 1.807) is 16.8 Å². The monoisotopic (exact) mass is 283 g/mol. The molecule has 0 aromatic rings. The molecule has 0 radical (unpaired) electrons. The van der Waals surface area contributed by atoms with Crippen LogP contribution in [0.5, 0.6) is 0 Å². The molecule has 2 aliphatic heterocycles. The fourth-order valence-corrected chi connectivity index (χ4v) is 2.87. The van der Waals surface area contributed by atoms with E-state index in [-0.39, 0.29) is 17.9 Å². The first-order valence-electron chi connectivity index (χ1n) is 7.01. The molecule has 112 valence electrons. The lowest BCUT2D eigenvalue weighted by Crippen LogP contribution is -2.47. The zero-order valence-corrected chi connectivity index (χ0v) is 11.7. The number of likely N-dealkylation sites (tertiary alicyclic amines) is 2. The third-order valence-corrected chi connectivity index (χ3v) is 4.19. The second kappa shape index (κ2) is 6.11. The molecule has 1 unspecified atom stereocenters. The van der Waals surface area contributed by atoms with E-state index in [9.17, 15) is 14.4 Å². The predicted octanol–water partition coefficient (Wildman–Crippen LogP) is -0.0291. The summed E-state index contributed by atoms with van der Waals surface area (Å²) in [6, 6.07) is -0.0934. The van der Waals surface area contributed by atoms with Crippen molar-refractivity contribution in [3.63, 3.8) is 0 Å². The number of piperidine rings is 1. The minimum absolute atomic E-state index is 0.0191. The van der Waals surface area contributed by atoms with Crippen molar-refractivity contribution in [1.29, 1.82) is 0 Å². The van der Waals surface area contributed by atoms with Crippen LogP contribution in [-0.4, -0.2) is 66.0 Å². The van der Waals surface area contributed by atoms with E-state index in [2.05, 4.69) is 5.32 Å². The van der Waals surface area contributed by atoms with Gasteiger partial charge in [0, 0.05) is 39.1 Å². The second-order valence-corrected chi connectivity index (χ2v) is 5.43. The van der Waals surface area contributed by atoms with Crippen molar-refractivity contribution in [1.82, 2.24) is 15.1 Å². The summed E-state index contributed by atoms with van der Waals surface area (Å²) in [6.45, 7) is 1.92. The van der Waals surface area contributed by atoms with E-state index < -0.39 is 11.9 Å². The van der Waals surface area contributed by atoms with Gasteiger partial charge in [-0.15, -0.1) is 0 Å². The summed E-state index contributed by atoms with van der Waals surface area (Å²) < 4.78 is 0. The smallest absolute Gasteiger partial charge is 0.320 e. The molecule has 1 atom stereocenters. The van der Waals surface area contributed by atoms with Crippen molar-refractivity contribution in [3.05, 3.63) is 0 Å². The molecule has 2 saturated heterocycles. The standard InChI is InChI=1S/C13H21N3O4/c1-14-11(17)9-2-5-15(6-3-9)13(20)16-7-4-10(8-16)12(18)19/h9-10H,2-8H2,1H3,(H,14,17)(H,18,19). The highest BCUT2D eigenvalue weighted by Crippen LogP contribution is 2.22. The Hall–Kier alpha value is -1.79. The van der Waals surface area contributed by atoms with Crippen LogP contribution in [0.25, 0.3) is 0 Å². The number of carboxylic acids is 1. The summed E-state index contributed by atoms with van der Waals surface area (Å²) in [6.07, 6.45) is 1.86. The number of urea groups is 1. The van der Waals surface area contributed by atoms with E-state index in [0.717, 1.165) is 0 Å². The zero-order chi connectivity index (χ0) is 14.7. The predicted molar refractivity (Wildman–Crippen MR) is 71.1 cm³/mol. The van der Waals surface area contributed by atoms with E-state index in [0.29, 0.717) is 45.4 Å². The number of carbonyl (C=O) groups is 3. The summed E-state index contributed by atoms with van der Waals surface area (Å²) in [5.41, 5.74) is 0. The van der Waals surface area contributed by atoms with Crippen molar-refractivity contribution in [2.45, 2.75) is 19.3 Å².